The maximum atomic E-state index is 13.7. The molecule has 0 spiro atoms. The molecule has 178 valence electrons. The Kier molecular flexibility index (Phi) is 7.15. The summed E-state index contributed by atoms with van der Waals surface area (Å²) in [4.78, 5) is 2.12. The Labute approximate surface area is 215 Å². The summed E-state index contributed by atoms with van der Waals surface area (Å²) < 4.78 is 15.5. The number of aromatic nitrogens is 2. The Morgan fingerprint density at radius 3 is 2.06 bits per heavy atom. The van der Waals surface area contributed by atoms with Gasteiger partial charge in [-0.1, -0.05) is 66.7 Å². The van der Waals surface area contributed by atoms with Crippen molar-refractivity contribution in [3.05, 3.63) is 138 Å². The van der Waals surface area contributed by atoms with Crippen LogP contribution in [0.5, 0.6) is 0 Å². The van der Waals surface area contributed by atoms with Crippen LogP contribution in [0, 0.1) is 5.82 Å². The third kappa shape index (κ3) is 5.67. The molecule has 4 aromatic carbocycles. The summed E-state index contributed by atoms with van der Waals surface area (Å²) in [6.07, 6.45) is 2.02. The van der Waals surface area contributed by atoms with Gasteiger partial charge in [-0.25, -0.2) is 9.07 Å². The number of nitrogens with zero attached hydrogens (tertiary/aromatic N) is 3. The quantitative estimate of drug-likeness (QED) is 0.246. The molecule has 4 nitrogen and oxygen atoms in total. The number of anilines is 1. The van der Waals surface area contributed by atoms with E-state index in [9.17, 15) is 4.39 Å². The van der Waals surface area contributed by atoms with E-state index in [1.165, 1.54) is 12.1 Å². The molecule has 5 rings (SSSR count). The minimum absolute atomic E-state index is 0.276. The van der Waals surface area contributed by atoms with Crippen LogP contribution in [0.3, 0.4) is 0 Å². The van der Waals surface area contributed by atoms with Crippen molar-refractivity contribution < 1.29 is 4.39 Å². The SMILES string of the molecule is Fc1ccc(-c2nn(-c3ccccc3)cc2CN(Cc2ccccc2)C(=S)Nc2ccccc2)cc1. The molecule has 1 aromatic heterocycles. The average molecular weight is 493 g/mol. The Balaban J connectivity index is 1.52. The van der Waals surface area contributed by atoms with Gasteiger partial charge in [-0.05, 0) is 66.3 Å². The van der Waals surface area contributed by atoms with Crippen LogP contribution in [-0.4, -0.2) is 19.8 Å². The average Bonchev–Trinajstić information content (AvgIpc) is 3.34. The molecule has 36 heavy (non-hydrogen) atoms. The van der Waals surface area contributed by atoms with Gasteiger partial charge in [0, 0.05) is 36.1 Å². The Morgan fingerprint density at radius 2 is 1.39 bits per heavy atom. The lowest BCUT2D eigenvalue weighted by molar-refractivity contribution is 0.413. The lowest BCUT2D eigenvalue weighted by Gasteiger charge is -2.26. The molecule has 0 atom stereocenters. The molecule has 0 saturated heterocycles. The van der Waals surface area contributed by atoms with Crippen LogP contribution in [0.15, 0.2) is 121 Å². The van der Waals surface area contributed by atoms with E-state index in [4.69, 9.17) is 17.3 Å². The van der Waals surface area contributed by atoms with Crippen molar-refractivity contribution in [3.63, 3.8) is 0 Å². The van der Waals surface area contributed by atoms with Crippen molar-refractivity contribution in [1.82, 2.24) is 14.7 Å². The minimum Gasteiger partial charge on any atom is -0.340 e. The molecule has 5 aromatic rings. The summed E-state index contributed by atoms with van der Waals surface area (Å²) in [6.45, 7) is 1.14. The maximum Gasteiger partial charge on any atom is 0.174 e. The van der Waals surface area contributed by atoms with Crippen LogP contribution >= 0.6 is 12.2 Å². The molecule has 0 saturated carbocycles. The summed E-state index contributed by atoms with van der Waals surface area (Å²) in [7, 11) is 0. The molecular formula is C30H25FN4S. The fraction of sp³-hybridized carbons (Fsp3) is 0.0667. The highest BCUT2D eigenvalue weighted by atomic mass is 32.1. The van der Waals surface area contributed by atoms with E-state index in [0.29, 0.717) is 18.2 Å². The molecule has 0 bridgehead atoms. The van der Waals surface area contributed by atoms with Gasteiger partial charge in [0.2, 0.25) is 0 Å². The van der Waals surface area contributed by atoms with Crippen LogP contribution in [0.4, 0.5) is 10.1 Å². The smallest absolute Gasteiger partial charge is 0.174 e. The number of hydrogen-bond acceptors (Lipinski definition) is 2. The Morgan fingerprint density at radius 1 is 0.778 bits per heavy atom. The molecule has 6 heteroatoms. The molecular weight excluding hydrogens is 467 g/mol. The highest BCUT2D eigenvalue weighted by Crippen LogP contribution is 2.26. The standard InChI is InChI=1S/C30H25FN4S/c31-26-18-16-24(17-19-26)29-25(22-35(33-29)28-14-8-3-9-15-28)21-34(20-23-10-4-1-5-11-23)30(36)32-27-12-6-2-7-13-27/h1-19,22H,20-21H2,(H,32,36). The first-order valence-electron chi connectivity index (χ1n) is 11.7. The molecule has 1 heterocycles. The van der Waals surface area contributed by atoms with E-state index < -0.39 is 0 Å². The van der Waals surface area contributed by atoms with Gasteiger partial charge in [-0.15, -0.1) is 0 Å². The topological polar surface area (TPSA) is 33.1 Å². The number of hydrogen-bond donors (Lipinski definition) is 1. The van der Waals surface area contributed by atoms with Crippen molar-refractivity contribution in [2.24, 2.45) is 0 Å². The van der Waals surface area contributed by atoms with E-state index in [1.54, 1.807) is 12.1 Å². The molecule has 0 fully saturated rings. The fourth-order valence-corrected chi connectivity index (χ4v) is 4.27. The van der Waals surface area contributed by atoms with Crippen LogP contribution in [0.25, 0.3) is 16.9 Å². The number of benzene rings is 4. The molecule has 0 radical (unpaired) electrons. The van der Waals surface area contributed by atoms with Gasteiger partial charge in [0.15, 0.2) is 5.11 Å². The number of para-hydroxylation sites is 2. The third-order valence-corrected chi connectivity index (χ3v) is 6.18. The van der Waals surface area contributed by atoms with E-state index >= 15 is 0 Å². The molecule has 0 unspecified atom stereocenters. The summed E-state index contributed by atoms with van der Waals surface area (Å²) in [5.41, 5.74) is 5.65. The molecule has 0 aliphatic carbocycles. The van der Waals surface area contributed by atoms with Crippen LogP contribution < -0.4 is 5.32 Å². The van der Waals surface area contributed by atoms with Crippen molar-refractivity contribution in [1.29, 1.82) is 0 Å². The van der Waals surface area contributed by atoms with Gasteiger partial charge >= 0.3 is 0 Å². The second-order valence-electron chi connectivity index (χ2n) is 8.43. The van der Waals surface area contributed by atoms with Crippen molar-refractivity contribution in [2.75, 3.05) is 5.32 Å². The van der Waals surface area contributed by atoms with Crippen LogP contribution in [0.1, 0.15) is 11.1 Å². The third-order valence-electron chi connectivity index (χ3n) is 5.82. The zero-order valence-electron chi connectivity index (χ0n) is 19.6. The van der Waals surface area contributed by atoms with Crippen molar-refractivity contribution in [3.8, 4) is 16.9 Å². The Hall–Kier alpha value is -4.29. The van der Waals surface area contributed by atoms with E-state index in [-0.39, 0.29) is 5.82 Å². The molecule has 1 N–H and O–H groups in total. The van der Waals surface area contributed by atoms with Crippen molar-refractivity contribution >= 4 is 23.0 Å². The summed E-state index contributed by atoms with van der Waals surface area (Å²) >= 11 is 5.87. The highest BCUT2D eigenvalue weighted by molar-refractivity contribution is 7.80. The normalized spacial score (nSPS) is 10.7. The van der Waals surface area contributed by atoms with Gasteiger partial charge < -0.3 is 10.2 Å². The van der Waals surface area contributed by atoms with E-state index in [2.05, 4.69) is 22.3 Å². The summed E-state index contributed by atoms with van der Waals surface area (Å²) in [5, 5.41) is 8.87. The van der Waals surface area contributed by atoms with Gasteiger partial charge in [-0.3, -0.25) is 0 Å². The monoisotopic (exact) mass is 492 g/mol. The summed E-state index contributed by atoms with van der Waals surface area (Å²) in [6, 6.07) is 36.5. The first-order valence-corrected chi connectivity index (χ1v) is 12.1. The minimum atomic E-state index is -0.276. The lowest BCUT2D eigenvalue weighted by atomic mass is 10.1. The van der Waals surface area contributed by atoms with Gasteiger partial charge in [0.1, 0.15) is 5.82 Å². The maximum absolute atomic E-state index is 13.7. The molecule has 0 aliphatic heterocycles. The van der Waals surface area contributed by atoms with E-state index in [0.717, 1.165) is 33.8 Å². The van der Waals surface area contributed by atoms with Crippen LogP contribution in [-0.2, 0) is 13.1 Å². The fourth-order valence-electron chi connectivity index (χ4n) is 4.02. The predicted octanol–water partition coefficient (Wildman–Crippen LogP) is 7.08. The predicted molar refractivity (Wildman–Crippen MR) is 147 cm³/mol. The number of rotatable bonds is 7. The van der Waals surface area contributed by atoms with Gasteiger partial charge in [0.25, 0.3) is 0 Å². The zero-order chi connectivity index (χ0) is 24.7. The van der Waals surface area contributed by atoms with Gasteiger partial charge in [0.05, 0.1) is 11.4 Å². The second-order valence-corrected chi connectivity index (χ2v) is 8.81. The highest BCUT2D eigenvalue weighted by Gasteiger charge is 2.18. The van der Waals surface area contributed by atoms with E-state index in [1.807, 2.05) is 89.7 Å². The van der Waals surface area contributed by atoms with Gasteiger partial charge in [-0.2, -0.15) is 5.10 Å². The molecule has 0 aliphatic rings. The zero-order valence-corrected chi connectivity index (χ0v) is 20.4. The first kappa shape index (κ1) is 23.5. The molecule has 0 amide bonds. The number of nitrogens with one attached hydrogen (secondary N) is 1. The Bertz CT molecular complexity index is 1420. The lowest BCUT2D eigenvalue weighted by Crippen LogP contribution is -2.33. The van der Waals surface area contributed by atoms with Crippen molar-refractivity contribution in [2.45, 2.75) is 13.1 Å². The summed E-state index contributed by atoms with van der Waals surface area (Å²) in [5.74, 6) is -0.276. The number of halogens is 1. The first-order chi connectivity index (χ1) is 17.7. The van der Waals surface area contributed by atoms with Crippen LogP contribution in [0.2, 0.25) is 0 Å². The second kappa shape index (κ2) is 11.0. The largest absolute Gasteiger partial charge is 0.340 e. The number of thiocarbonyl (C=S) groups is 1.